The molecule has 0 spiro atoms. The van der Waals surface area contributed by atoms with Crippen LogP contribution in [0.25, 0.3) is 0 Å². The van der Waals surface area contributed by atoms with Crippen molar-refractivity contribution in [2.75, 3.05) is 0 Å². The molecule has 2 N–H and O–H groups in total. The standard InChI is InChI=1S/C11H11NO2/c13-7-3-4-8-9(5-7)11(14)12-10(8)6-1-2-6/h3-6,10,13H,1-2H2,(H,12,14). The van der Waals surface area contributed by atoms with E-state index in [0.29, 0.717) is 11.5 Å². The summed E-state index contributed by atoms with van der Waals surface area (Å²) in [5, 5.41) is 12.2. The van der Waals surface area contributed by atoms with Crippen molar-refractivity contribution in [3.63, 3.8) is 0 Å². The molecule has 1 atom stereocenters. The van der Waals surface area contributed by atoms with Crippen LogP contribution in [0.2, 0.25) is 0 Å². The molecule has 1 aliphatic carbocycles. The summed E-state index contributed by atoms with van der Waals surface area (Å²) >= 11 is 0. The minimum Gasteiger partial charge on any atom is -0.508 e. The van der Waals surface area contributed by atoms with Crippen molar-refractivity contribution in [3.05, 3.63) is 29.3 Å². The van der Waals surface area contributed by atoms with E-state index in [0.717, 1.165) is 5.56 Å². The number of nitrogens with one attached hydrogen (secondary N) is 1. The lowest BCUT2D eigenvalue weighted by atomic mass is 10.0. The minimum absolute atomic E-state index is 0.0483. The second kappa shape index (κ2) is 2.50. The van der Waals surface area contributed by atoms with Gasteiger partial charge in [-0.3, -0.25) is 4.79 Å². The second-order valence-corrected chi connectivity index (χ2v) is 4.06. The number of phenolic OH excluding ortho intramolecular Hbond substituents is 1. The number of rotatable bonds is 1. The van der Waals surface area contributed by atoms with Crippen molar-refractivity contribution in [2.45, 2.75) is 18.9 Å². The molecule has 1 fully saturated rings. The molecular formula is C11H11NO2. The zero-order chi connectivity index (χ0) is 9.71. The van der Waals surface area contributed by atoms with Gasteiger partial charge in [-0.05, 0) is 36.5 Å². The fraction of sp³-hybridized carbons (Fsp3) is 0.364. The van der Waals surface area contributed by atoms with E-state index in [9.17, 15) is 9.90 Å². The average molecular weight is 189 g/mol. The highest BCUT2D eigenvalue weighted by Crippen LogP contribution is 2.44. The average Bonchev–Trinajstić information content (AvgIpc) is 2.94. The van der Waals surface area contributed by atoms with E-state index in [1.165, 1.54) is 12.8 Å². The summed E-state index contributed by atoms with van der Waals surface area (Å²) in [5.41, 5.74) is 1.69. The smallest absolute Gasteiger partial charge is 0.252 e. The molecule has 0 radical (unpaired) electrons. The summed E-state index contributed by atoms with van der Waals surface area (Å²) in [5.74, 6) is 0.730. The topological polar surface area (TPSA) is 49.3 Å². The first-order valence-corrected chi connectivity index (χ1v) is 4.89. The van der Waals surface area contributed by atoms with Crippen molar-refractivity contribution in [2.24, 2.45) is 5.92 Å². The summed E-state index contributed by atoms with van der Waals surface area (Å²) in [6.07, 6.45) is 2.40. The van der Waals surface area contributed by atoms with E-state index in [1.807, 2.05) is 6.07 Å². The van der Waals surface area contributed by atoms with Crippen LogP contribution < -0.4 is 5.32 Å². The van der Waals surface area contributed by atoms with Crippen LogP contribution in [0.15, 0.2) is 18.2 Å². The highest BCUT2D eigenvalue weighted by Gasteiger charge is 2.39. The molecule has 2 aliphatic rings. The number of aromatic hydroxyl groups is 1. The third-order valence-electron chi connectivity index (χ3n) is 3.00. The van der Waals surface area contributed by atoms with Crippen LogP contribution in [0.4, 0.5) is 0 Å². The van der Waals surface area contributed by atoms with Gasteiger partial charge in [-0.2, -0.15) is 0 Å². The molecule has 0 saturated heterocycles. The highest BCUT2D eigenvalue weighted by molar-refractivity contribution is 5.99. The molecule has 1 heterocycles. The van der Waals surface area contributed by atoms with Crippen LogP contribution in [-0.2, 0) is 0 Å². The Bertz CT molecular complexity index is 410. The molecule has 1 amide bonds. The van der Waals surface area contributed by atoms with Gasteiger partial charge in [0.05, 0.1) is 6.04 Å². The maximum absolute atomic E-state index is 11.5. The molecule has 3 nitrogen and oxygen atoms in total. The number of phenols is 1. The van der Waals surface area contributed by atoms with Gasteiger partial charge >= 0.3 is 0 Å². The minimum atomic E-state index is -0.0483. The molecule has 72 valence electrons. The number of hydrogen-bond acceptors (Lipinski definition) is 2. The van der Waals surface area contributed by atoms with E-state index in [2.05, 4.69) is 5.32 Å². The van der Waals surface area contributed by atoms with Crippen LogP contribution in [0.5, 0.6) is 5.75 Å². The zero-order valence-corrected chi connectivity index (χ0v) is 7.66. The van der Waals surface area contributed by atoms with Gasteiger partial charge in [0, 0.05) is 5.56 Å². The predicted molar refractivity (Wildman–Crippen MR) is 51.0 cm³/mol. The van der Waals surface area contributed by atoms with Gasteiger partial charge in [0.1, 0.15) is 5.75 Å². The molecule has 1 saturated carbocycles. The van der Waals surface area contributed by atoms with Gasteiger partial charge in [-0.15, -0.1) is 0 Å². The maximum Gasteiger partial charge on any atom is 0.252 e. The lowest BCUT2D eigenvalue weighted by molar-refractivity contribution is 0.0953. The number of amides is 1. The maximum atomic E-state index is 11.5. The lowest BCUT2D eigenvalue weighted by Gasteiger charge is -2.08. The number of fused-ring (bicyclic) bond motifs is 1. The van der Waals surface area contributed by atoms with Crippen molar-refractivity contribution >= 4 is 5.91 Å². The molecule has 1 aliphatic heterocycles. The Kier molecular flexibility index (Phi) is 1.40. The Morgan fingerprint density at radius 1 is 1.36 bits per heavy atom. The third-order valence-corrected chi connectivity index (χ3v) is 3.00. The van der Waals surface area contributed by atoms with Crippen LogP contribution >= 0.6 is 0 Å². The Hall–Kier alpha value is -1.51. The van der Waals surface area contributed by atoms with Crippen molar-refractivity contribution in [1.29, 1.82) is 0 Å². The van der Waals surface area contributed by atoms with Gasteiger partial charge in [0.25, 0.3) is 5.91 Å². The van der Waals surface area contributed by atoms with Gasteiger partial charge < -0.3 is 10.4 Å². The van der Waals surface area contributed by atoms with Crippen LogP contribution in [0.1, 0.15) is 34.8 Å². The van der Waals surface area contributed by atoms with E-state index in [-0.39, 0.29) is 17.7 Å². The Morgan fingerprint density at radius 3 is 2.86 bits per heavy atom. The summed E-state index contributed by atoms with van der Waals surface area (Å²) in [6, 6.07) is 5.24. The first kappa shape index (κ1) is 7.85. The fourth-order valence-corrected chi connectivity index (χ4v) is 2.11. The first-order chi connectivity index (χ1) is 6.75. The second-order valence-electron chi connectivity index (χ2n) is 4.06. The van der Waals surface area contributed by atoms with Gasteiger partial charge in [0.15, 0.2) is 0 Å². The van der Waals surface area contributed by atoms with Gasteiger partial charge in [-0.25, -0.2) is 0 Å². The zero-order valence-electron chi connectivity index (χ0n) is 7.66. The van der Waals surface area contributed by atoms with E-state index in [4.69, 9.17) is 0 Å². The van der Waals surface area contributed by atoms with E-state index < -0.39 is 0 Å². The molecule has 0 aromatic heterocycles. The fourth-order valence-electron chi connectivity index (χ4n) is 2.11. The quantitative estimate of drug-likeness (QED) is 0.704. The SMILES string of the molecule is O=C1NC(C2CC2)c2ccc(O)cc21. The lowest BCUT2D eigenvalue weighted by Crippen LogP contribution is -2.20. The van der Waals surface area contributed by atoms with E-state index in [1.54, 1.807) is 12.1 Å². The van der Waals surface area contributed by atoms with Crippen molar-refractivity contribution in [1.82, 2.24) is 5.32 Å². The van der Waals surface area contributed by atoms with Crippen molar-refractivity contribution < 1.29 is 9.90 Å². The Labute approximate surface area is 81.8 Å². The van der Waals surface area contributed by atoms with Crippen LogP contribution in [0, 0.1) is 5.92 Å². The van der Waals surface area contributed by atoms with Gasteiger partial charge in [0.2, 0.25) is 0 Å². The molecule has 1 aromatic rings. The molecule has 3 heteroatoms. The number of carbonyl (C=O) groups excluding carboxylic acids is 1. The van der Waals surface area contributed by atoms with Crippen molar-refractivity contribution in [3.8, 4) is 5.75 Å². The van der Waals surface area contributed by atoms with Crippen LogP contribution in [0.3, 0.4) is 0 Å². The number of benzene rings is 1. The summed E-state index contributed by atoms with van der Waals surface area (Å²) in [7, 11) is 0. The summed E-state index contributed by atoms with van der Waals surface area (Å²) in [4.78, 5) is 11.5. The molecule has 1 aromatic carbocycles. The molecule has 1 unspecified atom stereocenters. The molecule has 14 heavy (non-hydrogen) atoms. The normalized spacial score (nSPS) is 24.6. The number of hydrogen-bond donors (Lipinski definition) is 2. The van der Waals surface area contributed by atoms with Crippen LogP contribution in [-0.4, -0.2) is 11.0 Å². The Balaban J connectivity index is 2.09. The molecular weight excluding hydrogens is 178 g/mol. The van der Waals surface area contributed by atoms with E-state index >= 15 is 0 Å². The highest BCUT2D eigenvalue weighted by atomic mass is 16.3. The monoisotopic (exact) mass is 189 g/mol. The molecule has 0 bridgehead atoms. The van der Waals surface area contributed by atoms with Gasteiger partial charge in [-0.1, -0.05) is 6.07 Å². The Morgan fingerprint density at radius 2 is 2.14 bits per heavy atom. The third kappa shape index (κ3) is 1.02. The summed E-state index contributed by atoms with van der Waals surface area (Å²) < 4.78 is 0. The molecule has 3 rings (SSSR count). The first-order valence-electron chi connectivity index (χ1n) is 4.89. The predicted octanol–water partition coefficient (Wildman–Crippen LogP) is 1.59. The number of carbonyl (C=O) groups is 1. The summed E-state index contributed by atoms with van der Waals surface area (Å²) in [6.45, 7) is 0. The largest absolute Gasteiger partial charge is 0.508 e.